The first kappa shape index (κ1) is 16.1. The Labute approximate surface area is 159 Å². The van der Waals surface area contributed by atoms with Crippen molar-refractivity contribution >= 4 is 27.4 Å². The van der Waals surface area contributed by atoms with Crippen molar-refractivity contribution in [1.29, 1.82) is 0 Å². The van der Waals surface area contributed by atoms with Crippen molar-refractivity contribution in [3.05, 3.63) is 69.0 Å². The van der Waals surface area contributed by atoms with Crippen molar-refractivity contribution in [2.75, 3.05) is 4.90 Å². The van der Waals surface area contributed by atoms with Gasteiger partial charge in [-0.05, 0) is 19.4 Å². The molecule has 4 aromatic rings. The van der Waals surface area contributed by atoms with E-state index in [9.17, 15) is 4.79 Å². The minimum Gasteiger partial charge on any atom is -0.345 e. The molecule has 0 fully saturated rings. The average Bonchev–Trinajstić information content (AvgIpc) is 3.26. The molecule has 0 unspecified atom stereocenters. The molecule has 5 rings (SSSR count). The van der Waals surface area contributed by atoms with E-state index in [4.69, 9.17) is 0 Å². The second kappa shape index (κ2) is 5.99. The standard InChI is InChI=1S/C20H17N5OS/c1-11-3-5-13(6-4-11)15-9-27-20-17(15)18(21-10-22-20)25-7-14-16(8-25)23-12(2)24-19(14)26/h3-6,9-10H,7-8H2,1-2H3,(H,23,24,26). The van der Waals surface area contributed by atoms with Gasteiger partial charge in [0.1, 0.15) is 22.8 Å². The lowest BCUT2D eigenvalue weighted by molar-refractivity contribution is 0.849. The first-order valence-electron chi connectivity index (χ1n) is 8.73. The number of rotatable bonds is 2. The van der Waals surface area contributed by atoms with Crippen molar-refractivity contribution in [2.24, 2.45) is 0 Å². The van der Waals surface area contributed by atoms with Crippen LogP contribution in [0.15, 0.2) is 40.8 Å². The molecule has 0 radical (unpaired) electrons. The Hall–Kier alpha value is -3.06. The smallest absolute Gasteiger partial charge is 0.256 e. The molecule has 1 N–H and O–H groups in total. The van der Waals surface area contributed by atoms with Crippen molar-refractivity contribution in [3.8, 4) is 11.1 Å². The van der Waals surface area contributed by atoms with E-state index in [-0.39, 0.29) is 5.56 Å². The molecule has 4 heterocycles. The van der Waals surface area contributed by atoms with E-state index in [1.165, 1.54) is 5.56 Å². The first-order valence-corrected chi connectivity index (χ1v) is 9.61. The normalized spacial score (nSPS) is 13.3. The topological polar surface area (TPSA) is 74.8 Å². The van der Waals surface area contributed by atoms with Gasteiger partial charge in [0.05, 0.1) is 29.7 Å². The van der Waals surface area contributed by atoms with Gasteiger partial charge < -0.3 is 9.88 Å². The number of nitrogens with one attached hydrogen (secondary N) is 1. The van der Waals surface area contributed by atoms with E-state index >= 15 is 0 Å². The van der Waals surface area contributed by atoms with E-state index in [0.29, 0.717) is 18.9 Å². The maximum atomic E-state index is 12.3. The Bertz CT molecular complexity index is 1230. The minimum atomic E-state index is -0.0608. The average molecular weight is 375 g/mol. The van der Waals surface area contributed by atoms with Crippen molar-refractivity contribution in [2.45, 2.75) is 26.9 Å². The number of anilines is 1. The van der Waals surface area contributed by atoms with Gasteiger partial charge in [-0.15, -0.1) is 11.3 Å². The molecule has 0 aliphatic carbocycles. The second-order valence-electron chi connectivity index (χ2n) is 6.83. The van der Waals surface area contributed by atoms with Gasteiger partial charge in [0.15, 0.2) is 0 Å². The number of aromatic nitrogens is 4. The number of benzene rings is 1. The van der Waals surface area contributed by atoms with Crippen LogP contribution in [0.5, 0.6) is 0 Å². The lowest BCUT2D eigenvalue weighted by Gasteiger charge is -2.17. The van der Waals surface area contributed by atoms with Gasteiger partial charge in [-0.2, -0.15) is 0 Å². The summed E-state index contributed by atoms with van der Waals surface area (Å²) in [5.41, 5.74) is 4.99. The molecule has 0 bridgehead atoms. The van der Waals surface area contributed by atoms with E-state index in [1.807, 2.05) is 6.92 Å². The number of fused-ring (bicyclic) bond motifs is 2. The third-order valence-electron chi connectivity index (χ3n) is 4.92. The molecule has 1 aromatic carbocycles. The molecule has 0 atom stereocenters. The van der Waals surface area contributed by atoms with Crippen molar-refractivity contribution in [1.82, 2.24) is 19.9 Å². The second-order valence-corrected chi connectivity index (χ2v) is 7.68. The maximum Gasteiger partial charge on any atom is 0.256 e. The molecule has 3 aromatic heterocycles. The quantitative estimate of drug-likeness (QED) is 0.580. The molecule has 1 aliphatic heterocycles. The Morgan fingerprint density at radius 1 is 1.11 bits per heavy atom. The predicted octanol–water partition coefficient (Wildman–Crippen LogP) is 3.58. The third-order valence-corrected chi connectivity index (χ3v) is 5.81. The number of hydrogen-bond acceptors (Lipinski definition) is 6. The van der Waals surface area contributed by atoms with Crippen LogP contribution in [0, 0.1) is 13.8 Å². The van der Waals surface area contributed by atoms with E-state index in [2.05, 4.69) is 61.4 Å². The van der Waals surface area contributed by atoms with Crippen LogP contribution in [-0.2, 0) is 13.1 Å². The molecular weight excluding hydrogens is 358 g/mol. The SMILES string of the molecule is Cc1ccc(-c2csc3ncnc(N4Cc5nc(C)[nH]c(=O)c5C4)c23)cc1. The van der Waals surface area contributed by atoms with Crippen LogP contribution >= 0.6 is 11.3 Å². The van der Waals surface area contributed by atoms with Gasteiger partial charge in [0.2, 0.25) is 0 Å². The molecule has 0 spiro atoms. The monoisotopic (exact) mass is 375 g/mol. The minimum absolute atomic E-state index is 0.0608. The molecule has 134 valence electrons. The molecule has 0 saturated carbocycles. The molecule has 27 heavy (non-hydrogen) atoms. The zero-order valence-corrected chi connectivity index (χ0v) is 15.8. The summed E-state index contributed by atoms with van der Waals surface area (Å²) < 4.78 is 0. The molecular formula is C20H17N5OS. The summed E-state index contributed by atoms with van der Waals surface area (Å²) in [6.45, 7) is 4.97. The summed E-state index contributed by atoms with van der Waals surface area (Å²) in [6, 6.07) is 8.48. The van der Waals surface area contributed by atoms with Gasteiger partial charge in [-0.1, -0.05) is 29.8 Å². The number of aromatic amines is 1. The number of thiophene rings is 1. The number of nitrogens with zero attached hydrogens (tertiary/aromatic N) is 4. The van der Waals surface area contributed by atoms with Crippen molar-refractivity contribution in [3.63, 3.8) is 0 Å². The number of aryl methyl sites for hydroxylation is 2. The predicted molar refractivity (Wildman–Crippen MR) is 107 cm³/mol. The highest BCUT2D eigenvalue weighted by atomic mass is 32.1. The van der Waals surface area contributed by atoms with Gasteiger partial charge in [-0.3, -0.25) is 4.79 Å². The Kier molecular flexibility index (Phi) is 3.58. The summed E-state index contributed by atoms with van der Waals surface area (Å²) in [5, 5.41) is 3.17. The molecule has 0 amide bonds. The van der Waals surface area contributed by atoms with Gasteiger partial charge in [0, 0.05) is 10.9 Å². The van der Waals surface area contributed by atoms with Crippen LogP contribution in [0.25, 0.3) is 21.3 Å². The summed E-state index contributed by atoms with van der Waals surface area (Å²) in [5.74, 6) is 1.50. The van der Waals surface area contributed by atoms with Crippen LogP contribution in [0.1, 0.15) is 22.6 Å². The fourth-order valence-corrected chi connectivity index (χ4v) is 4.50. The molecule has 6 nitrogen and oxygen atoms in total. The van der Waals surface area contributed by atoms with Crippen LogP contribution in [0.2, 0.25) is 0 Å². The highest BCUT2D eigenvalue weighted by molar-refractivity contribution is 7.17. The Balaban J connectivity index is 1.64. The fraction of sp³-hybridized carbons (Fsp3) is 0.200. The van der Waals surface area contributed by atoms with Crippen LogP contribution < -0.4 is 10.5 Å². The summed E-state index contributed by atoms with van der Waals surface area (Å²) in [7, 11) is 0. The van der Waals surface area contributed by atoms with E-state index < -0.39 is 0 Å². The zero-order valence-electron chi connectivity index (χ0n) is 15.0. The Morgan fingerprint density at radius 2 is 1.93 bits per heavy atom. The third kappa shape index (κ3) is 2.62. The van der Waals surface area contributed by atoms with Gasteiger partial charge in [0.25, 0.3) is 5.56 Å². The van der Waals surface area contributed by atoms with E-state index in [0.717, 1.165) is 38.4 Å². The largest absolute Gasteiger partial charge is 0.345 e. The highest BCUT2D eigenvalue weighted by Crippen LogP contribution is 2.39. The number of H-pyrrole nitrogens is 1. The maximum absolute atomic E-state index is 12.3. The summed E-state index contributed by atoms with van der Waals surface area (Å²) in [6.07, 6.45) is 1.60. The molecule has 0 saturated heterocycles. The summed E-state index contributed by atoms with van der Waals surface area (Å²) >= 11 is 1.61. The summed E-state index contributed by atoms with van der Waals surface area (Å²) in [4.78, 5) is 31.7. The highest BCUT2D eigenvalue weighted by Gasteiger charge is 2.27. The fourth-order valence-electron chi connectivity index (χ4n) is 3.58. The van der Waals surface area contributed by atoms with Crippen molar-refractivity contribution < 1.29 is 0 Å². The molecule has 7 heteroatoms. The lowest BCUT2D eigenvalue weighted by Crippen LogP contribution is -2.19. The number of hydrogen-bond donors (Lipinski definition) is 1. The van der Waals surface area contributed by atoms with E-state index in [1.54, 1.807) is 17.7 Å². The van der Waals surface area contributed by atoms with Gasteiger partial charge in [-0.25, -0.2) is 15.0 Å². The molecule has 1 aliphatic rings. The first-order chi connectivity index (χ1) is 13.1. The van der Waals surface area contributed by atoms with Crippen LogP contribution in [-0.4, -0.2) is 19.9 Å². The zero-order chi connectivity index (χ0) is 18.5. The van der Waals surface area contributed by atoms with Crippen LogP contribution in [0.3, 0.4) is 0 Å². The lowest BCUT2D eigenvalue weighted by atomic mass is 10.0. The van der Waals surface area contributed by atoms with Crippen LogP contribution in [0.4, 0.5) is 5.82 Å². The van der Waals surface area contributed by atoms with Gasteiger partial charge >= 0.3 is 0 Å². The Morgan fingerprint density at radius 3 is 2.74 bits per heavy atom.